The van der Waals surface area contributed by atoms with Crippen LogP contribution in [0.25, 0.3) is 0 Å². The molecule has 0 aliphatic carbocycles. The molecule has 0 saturated carbocycles. The number of nitrogens with zero attached hydrogens (tertiary/aromatic N) is 1. The molecule has 0 aromatic heterocycles. The second-order valence-electron chi connectivity index (χ2n) is 3.77. The number of benzene rings is 1. The highest BCUT2D eigenvalue weighted by molar-refractivity contribution is 5.88. The van der Waals surface area contributed by atoms with Gasteiger partial charge >= 0.3 is 5.91 Å². The first-order chi connectivity index (χ1) is 7.20. The molecule has 3 heteroatoms. The van der Waals surface area contributed by atoms with E-state index in [9.17, 15) is 4.79 Å². The fraction of sp³-hybridized carbons (Fsp3) is 0.462. The molecule has 0 unspecified atom stereocenters. The van der Waals surface area contributed by atoms with E-state index in [1.54, 1.807) is 0 Å². The van der Waals surface area contributed by atoms with Crippen molar-refractivity contribution in [1.29, 1.82) is 0 Å². The second-order valence-corrected chi connectivity index (χ2v) is 3.77. The smallest absolute Gasteiger partial charge is 0.345 e. The van der Waals surface area contributed by atoms with Crippen molar-refractivity contribution in [2.75, 3.05) is 19.6 Å². The van der Waals surface area contributed by atoms with Crippen molar-refractivity contribution in [2.45, 2.75) is 20.8 Å². The van der Waals surface area contributed by atoms with Crippen molar-refractivity contribution in [3.63, 3.8) is 0 Å². The Morgan fingerprint density at radius 1 is 1.00 bits per heavy atom. The molecule has 0 atom stereocenters. The lowest BCUT2D eigenvalue weighted by molar-refractivity contribution is -0.843. The Balaban J connectivity index is 0.00000225. The molecule has 0 fully saturated rings. The number of carbonyl (C=O) groups is 1. The van der Waals surface area contributed by atoms with Gasteiger partial charge < -0.3 is 5.48 Å². The average Bonchev–Trinajstić information content (AvgIpc) is 2.33. The van der Waals surface area contributed by atoms with Gasteiger partial charge in [0.05, 0.1) is 25.2 Å². The Kier molecular flexibility index (Phi) is 5.93. The lowest BCUT2D eigenvalue weighted by Gasteiger charge is -2.32. The van der Waals surface area contributed by atoms with E-state index in [0.29, 0.717) is 4.48 Å². The molecule has 90 valence electrons. The highest BCUT2D eigenvalue weighted by atomic mass is 16.2. The van der Waals surface area contributed by atoms with Crippen LogP contribution >= 0.6 is 0 Å². The third-order valence-electron chi connectivity index (χ3n) is 3.27. The van der Waals surface area contributed by atoms with E-state index in [0.717, 1.165) is 25.2 Å². The first kappa shape index (κ1) is 14.8. The molecule has 1 aromatic carbocycles. The van der Waals surface area contributed by atoms with Gasteiger partial charge in [-0.2, -0.15) is 0 Å². The number of hydrogen-bond donors (Lipinski definition) is 0. The van der Waals surface area contributed by atoms with E-state index in [1.165, 1.54) is 0 Å². The van der Waals surface area contributed by atoms with Crippen LogP contribution in [0.15, 0.2) is 30.3 Å². The maximum atomic E-state index is 12.3. The summed E-state index contributed by atoms with van der Waals surface area (Å²) in [7, 11) is 0. The van der Waals surface area contributed by atoms with Gasteiger partial charge in [0.1, 0.15) is 0 Å². The zero-order valence-electron chi connectivity index (χ0n) is 10.3. The number of hydrogen-bond acceptors (Lipinski definition) is 2. The summed E-state index contributed by atoms with van der Waals surface area (Å²) in [6, 6.07) is 9.58. The van der Waals surface area contributed by atoms with Gasteiger partial charge in [-0.25, -0.2) is 4.79 Å². The molecule has 0 heterocycles. The fourth-order valence-corrected chi connectivity index (χ4v) is 1.96. The van der Waals surface area contributed by atoms with Crippen LogP contribution in [-0.4, -0.2) is 35.5 Å². The lowest BCUT2D eigenvalue weighted by Crippen LogP contribution is -2.52. The van der Waals surface area contributed by atoms with E-state index in [2.05, 4.69) is 20.8 Å². The Bertz CT molecular complexity index is 310. The third kappa shape index (κ3) is 2.68. The number of carbonyl (C=O) groups excluding carboxylic acids is 1. The van der Waals surface area contributed by atoms with E-state index in [4.69, 9.17) is 0 Å². The number of rotatable bonds is 4. The predicted octanol–water partition coefficient (Wildman–Crippen LogP) is 2.53. The van der Waals surface area contributed by atoms with E-state index < -0.39 is 0 Å². The topological polar surface area (TPSA) is 47.1 Å². The summed E-state index contributed by atoms with van der Waals surface area (Å²) in [5.41, 5.74) is 0.822. The van der Waals surface area contributed by atoms with Gasteiger partial charge in [-0.3, -0.25) is 4.48 Å². The molecule has 1 N–H and O–H groups in total. The van der Waals surface area contributed by atoms with Gasteiger partial charge in [0.15, 0.2) is 0 Å². The Morgan fingerprint density at radius 2 is 1.44 bits per heavy atom. The third-order valence-corrected chi connectivity index (χ3v) is 3.27. The van der Waals surface area contributed by atoms with Crippen molar-refractivity contribution in [2.24, 2.45) is 0 Å². The van der Waals surface area contributed by atoms with Gasteiger partial charge in [-0.05, 0) is 32.9 Å². The predicted molar refractivity (Wildman–Crippen MR) is 64.6 cm³/mol. The van der Waals surface area contributed by atoms with Crippen LogP contribution in [0.4, 0.5) is 0 Å². The van der Waals surface area contributed by atoms with Crippen LogP contribution in [0.5, 0.6) is 0 Å². The molecule has 0 spiro atoms. The van der Waals surface area contributed by atoms with Crippen molar-refractivity contribution in [3.05, 3.63) is 35.9 Å². The Hall–Kier alpha value is -1.19. The quantitative estimate of drug-likeness (QED) is 0.736. The number of amides is 1. The normalized spacial score (nSPS) is 10.7. The minimum Gasteiger partial charge on any atom is -0.870 e. The summed E-state index contributed by atoms with van der Waals surface area (Å²) >= 11 is 0. The molecule has 0 radical (unpaired) electrons. The first-order valence-electron chi connectivity index (χ1n) is 5.66. The fourth-order valence-electron chi connectivity index (χ4n) is 1.96. The largest absolute Gasteiger partial charge is 0.870 e. The van der Waals surface area contributed by atoms with E-state index in [1.807, 2.05) is 30.3 Å². The highest BCUT2D eigenvalue weighted by Crippen LogP contribution is 2.13. The highest BCUT2D eigenvalue weighted by Gasteiger charge is 2.31. The molecule has 3 nitrogen and oxygen atoms in total. The van der Waals surface area contributed by atoms with Crippen LogP contribution in [0.1, 0.15) is 31.1 Å². The monoisotopic (exact) mass is 223 g/mol. The minimum absolute atomic E-state index is 0. The van der Waals surface area contributed by atoms with Crippen LogP contribution in [0.2, 0.25) is 0 Å². The van der Waals surface area contributed by atoms with Crippen LogP contribution in [0.3, 0.4) is 0 Å². The average molecular weight is 223 g/mol. The lowest BCUT2D eigenvalue weighted by atomic mass is 10.1. The summed E-state index contributed by atoms with van der Waals surface area (Å²) in [5, 5.41) is 0. The summed E-state index contributed by atoms with van der Waals surface area (Å²) < 4.78 is 0.546. The zero-order chi connectivity index (χ0) is 11.3. The van der Waals surface area contributed by atoms with Gasteiger partial charge in [0.2, 0.25) is 0 Å². The SMILES string of the molecule is CC[N+](CC)(CC)C(=O)c1ccccc1.[OH-]. The molecule has 1 aromatic rings. The van der Waals surface area contributed by atoms with Gasteiger partial charge in [0.25, 0.3) is 0 Å². The first-order valence-corrected chi connectivity index (χ1v) is 5.66. The van der Waals surface area contributed by atoms with Crippen LogP contribution in [-0.2, 0) is 0 Å². The van der Waals surface area contributed by atoms with Crippen molar-refractivity contribution < 1.29 is 14.8 Å². The molecular formula is C13H21NO2. The zero-order valence-corrected chi connectivity index (χ0v) is 10.3. The molecule has 1 amide bonds. The molecule has 0 saturated heterocycles. The van der Waals surface area contributed by atoms with Crippen molar-refractivity contribution in [3.8, 4) is 0 Å². The van der Waals surface area contributed by atoms with E-state index >= 15 is 0 Å². The molecule has 1 rings (SSSR count). The summed E-state index contributed by atoms with van der Waals surface area (Å²) in [5.74, 6) is 0.239. The van der Waals surface area contributed by atoms with Crippen LogP contribution < -0.4 is 0 Å². The maximum Gasteiger partial charge on any atom is 0.345 e. The molecule has 16 heavy (non-hydrogen) atoms. The van der Waals surface area contributed by atoms with E-state index in [-0.39, 0.29) is 11.4 Å². The summed E-state index contributed by atoms with van der Waals surface area (Å²) in [6.07, 6.45) is 0. The summed E-state index contributed by atoms with van der Waals surface area (Å²) in [4.78, 5) is 12.3. The molecule has 0 aliphatic rings. The number of quaternary nitrogens is 1. The summed E-state index contributed by atoms with van der Waals surface area (Å²) in [6.45, 7) is 8.82. The standard InChI is InChI=1S/C13H20NO.H2O/c1-4-14(5-2,6-3)13(15)12-10-8-7-9-11-12;/h7-11H,4-6H2,1-3H3;1H2/q+1;/p-1. The second kappa shape index (κ2) is 6.40. The Morgan fingerprint density at radius 3 is 1.81 bits per heavy atom. The van der Waals surface area contributed by atoms with Gasteiger partial charge in [-0.15, -0.1) is 0 Å². The van der Waals surface area contributed by atoms with Gasteiger partial charge in [0, 0.05) is 0 Å². The molecule has 0 aliphatic heterocycles. The molecular weight excluding hydrogens is 202 g/mol. The van der Waals surface area contributed by atoms with Crippen molar-refractivity contribution in [1.82, 2.24) is 0 Å². The molecule has 0 bridgehead atoms. The van der Waals surface area contributed by atoms with Crippen molar-refractivity contribution >= 4 is 5.91 Å². The Labute approximate surface area is 97.6 Å². The maximum absolute atomic E-state index is 12.3. The minimum atomic E-state index is 0. The van der Waals surface area contributed by atoms with Crippen LogP contribution in [0, 0.1) is 0 Å². The van der Waals surface area contributed by atoms with Gasteiger partial charge in [-0.1, -0.05) is 18.2 Å².